The molecule has 1 aliphatic rings. The molecule has 0 radical (unpaired) electrons. The summed E-state index contributed by atoms with van der Waals surface area (Å²) in [5, 5.41) is 0. The van der Waals surface area contributed by atoms with Gasteiger partial charge in [-0.15, -0.1) is 0 Å². The van der Waals surface area contributed by atoms with E-state index in [-0.39, 0.29) is 0 Å². The van der Waals surface area contributed by atoms with Crippen LogP contribution in [0.2, 0.25) is 0 Å². The van der Waals surface area contributed by atoms with Crippen molar-refractivity contribution in [3.63, 3.8) is 0 Å². The molecule has 1 aromatic rings. The van der Waals surface area contributed by atoms with Crippen molar-refractivity contribution in [2.75, 3.05) is 6.61 Å². The van der Waals surface area contributed by atoms with Crippen LogP contribution in [0.5, 0.6) is 0 Å². The van der Waals surface area contributed by atoms with Crippen LogP contribution in [0.25, 0.3) is 0 Å². The maximum absolute atomic E-state index is 5.54. The summed E-state index contributed by atoms with van der Waals surface area (Å²) in [7, 11) is 0. The van der Waals surface area contributed by atoms with Crippen LogP contribution in [0.1, 0.15) is 18.9 Å². The van der Waals surface area contributed by atoms with Crippen LogP contribution in [-0.4, -0.2) is 12.7 Å². The molecule has 1 aliphatic carbocycles. The summed E-state index contributed by atoms with van der Waals surface area (Å²) in [6, 6.07) is 10.7. The van der Waals surface area contributed by atoms with Crippen molar-refractivity contribution in [2.24, 2.45) is 5.92 Å². The molecule has 0 amide bonds. The van der Waals surface area contributed by atoms with Gasteiger partial charge in [0.1, 0.15) is 0 Å². The van der Waals surface area contributed by atoms with E-state index in [2.05, 4.69) is 37.3 Å². The molecule has 0 aromatic heterocycles. The van der Waals surface area contributed by atoms with Gasteiger partial charge in [0.15, 0.2) is 0 Å². The van der Waals surface area contributed by atoms with Crippen molar-refractivity contribution in [1.29, 1.82) is 0 Å². The van der Waals surface area contributed by atoms with Crippen molar-refractivity contribution >= 4 is 0 Å². The molecule has 0 bridgehead atoms. The Morgan fingerprint density at radius 3 is 2.77 bits per heavy atom. The van der Waals surface area contributed by atoms with E-state index in [0.29, 0.717) is 6.10 Å². The Hall–Kier alpha value is -0.820. The van der Waals surface area contributed by atoms with Gasteiger partial charge in [-0.3, -0.25) is 0 Å². The first-order valence-corrected chi connectivity index (χ1v) is 5.05. The zero-order chi connectivity index (χ0) is 9.10. The van der Waals surface area contributed by atoms with Gasteiger partial charge in [-0.1, -0.05) is 30.3 Å². The highest BCUT2D eigenvalue weighted by molar-refractivity contribution is 5.17. The molecule has 0 aliphatic heterocycles. The minimum absolute atomic E-state index is 0.546. The molecule has 0 N–H and O–H groups in total. The number of hydrogen-bond acceptors (Lipinski definition) is 1. The molecule has 1 fully saturated rings. The molecule has 1 saturated carbocycles. The maximum Gasteiger partial charge on any atom is 0.0611 e. The van der Waals surface area contributed by atoms with E-state index in [1.165, 1.54) is 18.4 Å². The third kappa shape index (κ3) is 2.31. The van der Waals surface area contributed by atoms with Gasteiger partial charge < -0.3 is 4.74 Å². The molecule has 1 heteroatoms. The largest absolute Gasteiger partial charge is 0.378 e. The maximum atomic E-state index is 5.54. The fraction of sp³-hybridized carbons (Fsp3) is 0.500. The van der Waals surface area contributed by atoms with Crippen molar-refractivity contribution in [1.82, 2.24) is 0 Å². The third-order valence-corrected chi connectivity index (χ3v) is 2.58. The van der Waals surface area contributed by atoms with Crippen LogP contribution in [-0.2, 0) is 11.2 Å². The molecule has 70 valence electrons. The van der Waals surface area contributed by atoms with Crippen LogP contribution in [0, 0.1) is 5.92 Å². The first-order valence-electron chi connectivity index (χ1n) is 5.05. The minimum Gasteiger partial charge on any atom is -0.378 e. The summed E-state index contributed by atoms with van der Waals surface area (Å²) in [6.07, 6.45) is 2.99. The zero-order valence-electron chi connectivity index (χ0n) is 8.07. The normalized spacial score (nSPS) is 25.9. The minimum atomic E-state index is 0.546. The second kappa shape index (κ2) is 3.93. The van der Waals surface area contributed by atoms with Gasteiger partial charge in [0, 0.05) is 6.61 Å². The molecular formula is C12H16O. The lowest BCUT2D eigenvalue weighted by molar-refractivity contribution is 0.121. The molecule has 0 spiro atoms. The van der Waals surface area contributed by atoms with Crippen LogP contribution in [0.4, 0.5) is 0 Å². The number of benzene rings is 1. The topological polar surface area (TPSA) is 9.23 Å². The average molecular weight is 176 g/mol. The third-order valence-electron chi connectivity index (χ3n) is 2.58. The van der Waals surface area contributed by atoms with Crippen molar-refractivity contribution in [3.8, 4) is 0 Å². The number of ether oxygens (including phenoxy) is 1. The summed E-state index contributed by atoms with van der Waals surface area (Å²) < 4.78 is 5.54. The van der Waals surface area contributed by atoms with Crippen molar-refractivity contribution in [3.05, 3.63) is 35.9 Å². The van der Waals surface area contributed by atoms with E-state index >= 15 is 0 Å². The van der Waals surface area contributed by atoms with Crippen LogP contribution in [0.15, 0.2) is 30.3 Å². The second-order valence-electron chi connectivity index (χ2n) is 3.68. The summed E-state index contributed by atoms with van der Waals surface area (Å²) >= 11 is 0. The Morgan fingerprint density at radius 2 is 2.08 bits per heavy atom. The molecule has 0 saturated heterocycles. The van der Waals surface area contributed by atoms with Crippen LogP contribution in [0.3, 0.4) is 0 Å². The second-order valence-corrected chi connectivity index (χ2v) is 3.68. The zero-order valence-corrected chi connectivity index (χ0v) is 8.07. The Morgan fingerprint density at radius 1 is 1.31 bits per heavy atom. The molecule has 1 aromatic carbocycles. The smallest absolute Gasteiger partial charge is 0.0611 e. The molecule has 2 atom stereocenters. The van der Waals surface area contributed by atoms with Gasteiger partial charge in [-0.25, -0.2) is 0 Å². The Kier molecular flexibility index (Phi) is 2.65. The molecular weight excluding hydrogens is 160 g/mol. The quantitative estimate of drug-likeness (QED) is 0.685. The van der Waals surface area contributed by atoms with Crippen LogP contribution >= 0.6 is 0 Å². The van der Waals surface area contributed by atoms with E-state index in [1.807, 2.05) is 0 Å². The van der Waals surface area contributed by atoms with E-state index in [4.69, 9.17) is 4.74 Å². The first-order chi connectivity index (χ1) is 6.40. The van der Waals surface area contributed by atoms with Gasteiger partial charge in [0.2, 0.25) is 0 Å². The molecule has 1 nitrogen and oxygen atoms in total. The SMILES string of the molecule is CCO[C@H]1C[C@H]1Cc1ccccc1. The lowest BCUT2D eigenvalue weighted by Gasteiger charge is -2.00. The Balaban J connectivity index is 1.81. The lowest BCUT2D eigenvalue weighted by Crippen LogP contribution is -1.98. The molecule has 2 rings (SSSR count). The predicted octanol–water partition coefficient (Wildman–Crippen LogP) is 2.65. The van der Waals surface area contributed by atoms with Crippen molar-refractivity contribution in [2.45, 2.75) is 25.9 Å². The lowest BCUT2D eigenvalue weighted by atomic mass is 10.1. The van der Waals surface area contributed by atoms with E-state index in [0.717, 1.165) is 12.5 Å². The predicted molar refractivity (Wildman–Crippen MR) is 53.7 cm³/mol. The molecule has 0 heterocycles. The van der Waals surface area contributed by atoms with E-state index < -0.39 is 0 Å². The van der Waals surface area contributed by atoms with Crippen molar-refractivity contribution < 1.29 is 4.74 Å². The van der Waals surface area contributed by atoms with Crippen LogP contribution < -0.4 is 0 Å². The van der Waals surface area contributed by atoms with Gasteiger partial charge in [0.25, 0.3) is 0 Å². The standard InChI is InChI=1S/C12H16O/c1-2-13-12-9-11(12)8-10-6-4-3-5-7-10/h3-7,11-12H,2,8-9H2,1H3/t11-,12+/m1/s1. The average Bonchev–Trinajstić information content (AvgIpc) is 2.86. The van der Waals surface area contributed by atoms with Gasteiger partial charge in [-0.2, -0.15) is 0 Å². The highest BCUT2D eigenvalue weighted by atomic mass is 16.5. The van der Waals surface area contributed by atoms with E-state index in [9.17, 15) is 0 Å². The van der Waals surface area contributed by atoms with Gasteiger partial charge >= 0.3 is 0 Å². The number of hydrogen-bond donors (Lipinski definition) is 0. The summed E-state index contributed by atoms with van der Waals surface area (Å²) in [6.45, 7) is 2.92. The molecule has 13 heavy (non-hydrogen) atoms. The van der Waals surface area contributed by atoms with Gasteiger partial charge in [0.05, 0.1) is 6.10 Å². The summed E-state index contributed by atoms with van der Waals surface area (Å²) in [4.78, 5) is 0. The van der Waals surface area contributed by atoms with E-state index in [1.54, 1.807) is 0 Å². The highest BCUT2D eigenvalue weighted by Gasteiger charge is 2.37. The number of rotatable bonds is 4. The monoisotopic (exact) mass is 176 g/mol. The Bertz CT molecular complexity index is 255. The molecule has 0 unspecified atom stereocenters. The fourth-order valence-electron chi connectivity index (χ4n) is 1.77. The fourth-order valence-corrected chi connectivity index (χ4v) is 1.77. The summed E-state index contributed by atoms with van der Waals surface area (Å²) in [5.41, 5.74) is 1.44. The summed E-state index contributed by atoms with van der Waals surface area (Å²) in [5.74, 6) is 0.780. The highest BCUT2D eigenvalue weighted by Crippen LogP contribution is 2.36. The van der Waals surface area contributed by atoms with Gasteiger partial charge in [-0.05, 0) is 31.2 Å². The Labute approximate surface area is 79.7 Å². The first kappa shape index (κ1) is 8.76.